The van der Waals surface area contributed by atoms with Crippen molar-refractivity contribution in [1.29, 1.82) is 0 Å². The van der Waals surface area contributed by atoms with E-state index in [1.54, 1.807) is 18.2 Å². The molecular weight excluding hydrogens is 450 g/mol. The van der Waals surface area contributed by atoms with Gasteiger partial charge in [-0.1, -0.05) is 44.2 Å². The number of hydrogen-bond donors (Lipinski definition) is 2. The van der Waals surface area contributed by atoms with Crippen molar-refractivity contribution in [3.63, 3.8) is 0 Å². The normalized spacial score (nSPS) is 11.5. The molecule has 1 atom stereocenters. The van der Waals surface area contributed by atoms with Gasteiger partial charge in [0, 0.05) is 34.0 Å². The number of anilines is 2. The van der Waals surface area contributed by atoms with Crippen LogP contribution in [-0.4, -0.2) is 22.0 Å². The highest BCUT2D eigenvalue weighted by molar-refractivity contribution is 8.00. The van der Waals surface area contributed by atoms with Gasteiger partial charge in [-0.15, -0.1) is 11.8 Å². The van der Waals surface area contributed by atoms with Crippen LogP contribution in [0.2, 0.25) is 0 Å². The molecule has 176 valence electrons. The summed E-state index contributed by atoms with van der Waals surface area (Å²) in [6, 6.07) is 18.8. The summed E-state index contributed by atoms with van der Waals surface area (Å²) in [5, 5.41) is 16.5. The molecule has 2 amide bonds. The number of benzene rings is 3. The smallest absolute Gasteiger partial charge is 0.270 e. The zero-order valence-electron chi connectivity index (χ0n) is 19.3. The fourth-order valence-corrected chi connectivity index (χ4v) is 4.52. The number of para-hydroxylation sites is 1. The van der Waals surface area contributed by atoms with Crippen LogP contribution in [0.25, 0.3) is 0 Å². The molecule has 0 aromatic heterocycles. The lowest BCUT2D eigenvalue weighted by Gasteiger charge is -2.18. The van der Waals surface area contributed by atoms with E-state index in [1.807, 2.05) is 38.1 Å². The number of non-ortho nitro benzene ring substituents is 1. The molecule has 34 heavy (non-hydrogen) atoms. The van der Waals surface area contributed by atoms with Crippen molar-refractivity contribution >= 4 is 40.6 Å². The molecule has 0 aliphatic rings. The van der Waals surface area contributed by atoms with Crippen molar-refractivity contribution in [2.75, 3.05) is 10.6 Å². The molecule has 3 rings (SSSR count). The van der Waals surface area contributed by atoms with Crippen LogP contribution in [-0.2, 0) is 11.2 Å². The minimum absolute atomic E-state index is 0.0671. The molecule has 0 saturated heterocycles. The van der Waals surface area contributed by atoms with Crippen molar-refractivity contribution < 1.29 is 14.5 Å². The van der Waals surface area contributed by atoms with E-state index in [4.69, 9.17) is 0 Å². The summed E-state index contributed by atoms with van der Waals surface area (Å²) in [7, 11) is 0. The lowest BCUT2D eigenvalue weighted by molar-refractivity contribution is -0.384. The van der Waals surface area contributed by atoms with E-state index < -0.39 is 10.8 Å². The summed E-state index contributed by atoms with van der Waals surface area (Å²) in [5.41, 5.74) is 3.59. The monoisotopic (exact) mass is 477 g/mol. The Bertz CT molecular complexity index is 1210. The second kappa shape index (κ2) is 11.5. The zero-order valence-corrected chi connectivity index (χ0v) is 20.1. The summed E-state index contributed by atoms with van der Waals surface area (Å²) in [4.78, 5) is 36.9. The van der Waals surface area contributed by atoms with Gasteiger partial charge in [0.2, 0.25) is 5.91 Å². The molecule has 2 N–H and O–H groups in total. The third-order valence-corrected chi connectivity index (χ3v) is 6.70. The third kappa shape index (κ3) is 6.23. The summed E-state index contributed by atoms with van der Waals surface area (Å²) < 4.78 is 0. The molecule has 7 nitrogen and oxygen atoms in total. The van der Waals surface area contributed by atoms with Crippen LogP contribution in [0, 0.1) is 17.0 Å². The topological polar surface area (TPSA) is 101 Å². The summed E-state index contributed by atoms with van der Waals surface area (Å²) in [6.07, 6.45) is 1.46. The number of nitro benzene ring substituents is 1. The van der Waals surface area contributed by atoms with Crippen LogP contribution in [0.15, 0.2) is 71.6 Å². The van der Waals surface area contributed by atoms with E-state index in [9.17, 15) is 19.7 Å². The molecule has 1 unspecified atom stereocenters. The number of thioether (sulfide) groups is 1. The second-order valence-electron chi connectivity index (χ2n) is 7.76. The Labute approximate surface area is 203 Å². The van der Waals surface area contributed by atoms with Crippen LogP contribution < -0.4 is 10.6 Å². The average Bonchev–Trinajstić information content (AvgIpc) is 2.84. The van der Waals surface area contributed by atoms with Gasteiger partial charge in [0.15, 0.2) is 0 Å². The molecule has 0 fully saturated rings. The molecule has 0 radical (unpaired) electrons. The van der Waals surface area contributed by atoms with Gasteiger partial charge in [0.1, 0.15) is 0 Å². The summed E-state index contributed by atoms with van der Waals surface area (Å²) in [5.74, 6) is -0.509. The first-order valence-corrected chi connectivity index (χ1v) is 11.9. The van der Waals surface area contributed by atoms with E-state index in [1.165, 1.54) is 36.0 Å². The van der Waals surface area contributed by atoms with E-state index >= 15 is 0 Å². The molecule has 0 saturated carbocycles. The van der Waals surface area contributed by atoms with Gasteiger partial charge in [0.25, 0.3) is 11.6 Å². The standard InChI is InChI=1S/C26H27N3O4S/c1-4-18-10-6-9-17(3)24(18)28-26(31)23(5-2)34-22-14-8-12-20(16-22)27-25(30)19-11-7-13-21(15-19)29(32)33/h6-16,23H,4-5H2,1-3H3,(H,27,30)(H,28,31). The number of rotatable bonds is 9. The van der Waals surface area contributed by atoms with Crippen LogP contribution in [0.5, 0.6) is 0 Å². The van der Waals surface area contributed by atoms with E-state index in [-0.39, 0.29) is 22.4 Å². The Kier molecular flexibility index (Phi) is 8.43. The molecule has 8 heteroatoms. The Morgan fingerprint density at radius 3 is 2.44 bits per heavy atom. The van der Waals surface area contributed by atoms with Crippen LogP contribution >= 0.6 is 11.8 Å². The lowest BCUT2D eigenvalue weighted by atomic mass is 10.1. The molecule has 0 aliphatic carbocycles. The van der Waals surface area contributed by atoms with Gasteiger partial charge in [-0.3, -0.25) is 19.7 Å². The van der Waals surface area contributed by atoms with Gasteiger partial charge >= 0.3 is 0 Å². The Balaban J connectivity index is 1.71. The number of nitrogens with zero attached hydrogens (tertiary/aromatic N) is 1. The van der Waals surface area contributed by atoms with Crippen molar-refractivity contribution in [2.45, 2.75) is 43.8 Å². The van der Waals surface area contributed by atoms with Crippen molar-refractivity contribution in [1.82, 2.24) is 0 Å². The maximum Gasteiger partial charge on any atom is 0.270 e. The SMILES string of the molecule is CCc1cccc(C)c1NC(=O)C(CC)Sc1cccc(NC(=O)c2cccc([N+](=O)[O-])c2)c1. The van der Waals surface area contributed by atoms with Crippen LogP contribution in [0.4, 0.5) is 17.1 Å². The molecular formula is C26H27N3O4S. The average molecular weight is 478 g/mol. The number of amides is 2. The largest absolute Gasteiger partial charge is 0.325 e. The first kappa shape index (κ1) is 25.0. The van der Waals surface area contributed by atoms with E-state index in [0.29, 0.717) is 12.1 Å². The minimum atomic E-state index is -0.537. The number of aryl methyl sites for hydroxylation is 2. The van der Waals surface area contributed by atoms with Gasteiger partial charge in [-0.05, 0) is 55.2 Å². The van der Waals surface area contributed by atoms with Crippen molar-refractivity contribution in [3.05, 3.63) is 93.5 Å². The Hall–Kier alpha value is -3.65. The van der Waals surface area contributed by atoms with Gasteiger partial charge < -0.3 is 10.6 Å². The van der Waals surface area contributed by atoms with E-state index in [0.717, 1.165) is 28.1 Å². The van der Waals surface area contributed by atoms with Gasteiger partial charge in [-0.2, -0.15) is 0 Å². The lowest BCUT2D eigenvalue weighted by Crippen LogP contribution is -2.25. The van der Waals surface area contributed by atoms with Gasteiger partial charge in [-0.25, -0.2) is 0 Å². The fraction of sp³-hybridized carbons (Fsp3) is 0.231. The first-order chi connectivity index (χ1) is 16.3. The predicted molar refractivity (Wildman–Crippen MR) is 137 cm³/mol. The second-order valence-corrected chi connectivity index (χ2v) is 9.03. The first-order valence-electron chi connectivity index (χ1n) is 11.0. The molecule has 0 aliphatic heterocycles. The zero-order chi connectivity index (χ0) is 24.7. The summed E-state index contributed by atoms with van der Waals surface area (Å²) >= 11 is 1.43. The van der Waals surface area contributed by atoms with E-state index in [2.05, 4.69) is 17.6 Å². The van der Waals surface area contributed by atoms with Gasteiger partial charge in [0.05, 0.1) is 10.2 Å². The number of carbonyl (C=O) groups excluding carboxylic acids is 2. The maximum atomic E-state index is 13.0. The molecule has 0 bridgehead atoms. The van der Waals surface area contributed by atoms with Crippen molar-refractivity contribution in [2.24, 2.45) is 0 Å². The molecule has 3 aromatic carbocycles. The Morgan fingerprint density at radius 2 is 1.74 bits per heavy atom. The van der Waals surface area contributed by atoms with Crippen molar-refractivity contribution in [3.8, 4) is 0 Å². The highest BCUT2D eigenvalue weighted by Gasteiger charge is 2.20. The fourth-order valence-electron chi connectivity index (χ4n) is 3.50. The van der Waals surface area contributed by atoms with Crippen LogP contribution in [0.3, 0.4) is 0 Å². The third-order valence-electron chi connectivity index (χ3n) is 5.34. The Morgan fingerprint density at radius 1 is 1.00 bits per heavy atom. The quantitative estimate of drug-likeness (QED) is 0.216. The minimum Gasteiger partial charge on any atom is -0.325 e. The van der Waals surface area contributed by atoms with Crippen LogP contribution in [0.1, 0.15) is 41.8 Å². The predicted octanol–water partition coefficient (Wildman–Crippen LogP) is 6.23. The highest BCUT2D eigenvalue weighted by Crippen LogP contribution is 2.30. The number of hydrogen-bond acceptors (Lipinski definition) is 5. The summed E-state index contributed by atoms with van der Waals surface area (Å²) in [6.45, 7) is 6.00. The molecule has 0 heterocycles. The maximum absolute atomic E-state index is 13.0. The highest BCUT2D eigenvalue weighted by atomic mass is 32.2. The number of nitrogens with one attached hydrogen (secondary N) is 2. The number of nitro groups is 1. The molecule has 0 spiro atoms. The number of carbonyl (C=O) groups is 2. The molecule has 3 aromatic rings.